The standard InChI is InChI=1S/C14H17ClN4O/c1-9-5-6-10(15)7-11(9)16-13(20)12-8-19(18-17-12)14(2,3)4/h5-8H,1-4H3,(H,16,20). The number of carbonyl (C=O) groups excluding carboxylic acids is 1. The Bertz CT molecular complexity index is 643. The quantitative estimate of drug-likeness (QED) is 0.924. The summed E-state index contributed by atoms with van der Waals surface area (Å²) in [6, 6.07) is 5.34. The summed E-state index contributed by atoms with van der Waals surface area (Å²) in [6.45, 7) is 7.87. The van der Waals surface area contributed by atoms with Crippen LogP contribution in [0.2, 0.25) is 5.02 Å². The number of aromatic nitrogens is 3. The van der Waals surface area contributed by atoms with E-state index in [0.717, 1.165) is 5.56 Å². The van der Waals surface area contributed by atoms with E-state index in [1.54, 1.807) is 23.0 Å². The normalized spacial score (nSPS) is 11.4. The number of anilines is 1. The first-order valence-corrected chi connectivity index (χ1v) is 6.65. The smallest absolute Gasteiger partial charge is 0.277 e. The van der Waals surface area contributed by atoms with Crippen molar-refractivity contribution in [1.82, 2.24) is 15.0 Å². The van der Waals surface area contributed by atoms with Gasteiger partial charge in [-0.2, -0.15) is 0 Å². The average molecular weight is 293 g/mol. The van der Waals surface area contributed by atoms with E-state index in [2.05, 4.69) is 15.6 Å². The van der Waals surface area contributed by atoms with Crippen LogP contribution in [0.5, 0.6) is 0 Å². The van der Waals surface area contributed by atoms with Crippen molar-refractivity contribution in [2.45, 2.75) is 33.2 Å². The van der Waals surface area contributed by atoms with Crippen LogP contribution in [0.25, 0.3) is 0 Å². The molecule has 0 saturated carbocycles. The minimum atomic E-state index is -0.300. The number of amides is 1. The first-order chi connectivity index (χ1) is 9.27. The van der Waals surface area contributed by atoms with Gasteiger partial charge < -0.3 is 5.32 Å². The topological polar surface area (TPSA) is 59.8 Å². The fraction of sp³-hybridized carbons (Fsp3) is 0.357. The third-order valence-corrected chi connectivity index (χ3v) is 3.10. The van der Waals surface area contributed by atoms with Crippen molar-refractivity contribution in [3.8, 4) is 0 Å². The molecule has 2 aromatic rings. The zero-order valence-electron chi connectivity index (χ0n) is 11.9. The van der Waals surface area contributed by atoms with Gasteiger partial charge in [-0.25, -0.2) is 4.68 Å². The molecule has 2 rings (SSSR count). The summed E-state index contributed by atoms with van der Waals surface area (Å²) in [4.78, 5) is 12.1. The third-order valence-electron chi connectivity index (χ3n) is 2.86. The molecule has 1 heterocycles. The van der Waals surface area contributed by atoms with Gasteiger partial charge in [0.05, 0.1) is 11.7 Å². The molecule has 0 radical (unpaired) electrons. The van der Waals surface area contributed by atoms with Gasteiger partial charge in [0.15, 0.2) is 5.69 Å². The zero-order valence-corrected chi connectivity index (χ0v) is 12.7. The summed E-state index contributed by atoms with van der Waals surface area (Å²) in [5.74, 6) is -0.300. The van der Waals surface area contributed by atoms with Gasteiger partial charge in [0.25, 0.3) is 5.91 Å². The number of rotatable bonds is 2. The molecule has 106 valence electrons. The fourth-order valence-corrected chi connectivity index (χ4v) is 1.78. The molecule has 0 aliphatic heterocycles. The van der Waals surface area contributed by atoms with Crippen molar-refractivity contribution in [3.63, 3.8) is 0 Å². The van der Waals surface area contributed by atoms with E-state index in [9.17, 15) is 4.79 Å². The lowest BCUT2D eigenvalue weighted by Gasteiger charge is -2.17. The Morgan fingerprint density at radius 1 is 1.35 bits per heavy atom. The lowest BCUT2D eigenvalue weighted by Crippen LogP contribution is -2.22. The van der Waals surface area contributed by atoms with Crippen LogP contribution < -0.4 is 5.32 Å². The number of nitrogens with zero attached hydrogens (tertiary/aromatic N) is 3. The molecule has 1 amide bonds. The second-order valence-corrected chi connectivity index (χ2v) is 6.07. The Kier molecular flexibility index (Phi) is 3.81. The van der Waals surface area contributed by atoms with Crippen molar-refractivity contribution in [1.29, 1.82) is 0 Å². The van der Waals surface area contributed by atoms with E-state index in [1.165, 1.54) is 0 Å². The van der Waals surface area contributed by atoms with Gasteiger partial charge in [0.2, 0.25) is 0 Å². The van der Waals surface area contributed by atoms with Crippen molar-refractivity contribution in [2.24, 2.45) is 0 Å². The summed E-state index contributed by atoms with van der Waals surface area (Å²) in [5, 5.41) is 11.2. The van der Waals surface area contributed by atoms with Crippen molar-refractivity contribution in [3.05, 3.63) is 40.7 Å². The zero-order chi connectivity index (χ0) is 14.9. The monoisotopic (exact) mass is 292 g/mol. The molecule has 1 aromatic carbocycles. The molecule has 0 spiro atoms. The molecule has 1 aromatic heterocycles. The summed E-state index contributed by atoms with van der Waals surface area (Å²) in [7, 11) is 0. The fourth-order valence-electron chi connectivity index (χ4n) is 1.61. The van der Waals surface area contributed by atoms with Crippen molar-refractivity contribution >= 4 is 23.2 Å². The third kappa shape index (κ3) is 3.17. The highest BCUT2D eigenvalue weighted by molar-refractivity contribution is 6.31. The van der Waals surface area contributed by atoms with Gasteiger partial charge in [-0.15, -0.1) is 5.10 Å². The van der Waals surface area contributed by atoms with E-state index in [1.807, 2.05) is 33.8 Å². The summed E-state index contributed by atoms with van der Waals surface area (Å²) in [6.07, 6.45) is 1.63. The second kappa shape index (κ2) is 5.25. The second-order valence-electron chi connectivity index (χ2n) is 5.63. The molecule has 0 saturated heterocycles. The Labute approximate surface area is 122 Å². The van der Waals surface area contributed by atoms with Crippen LogP contribution in [-0.4, -0.2) is 20.9 Å². The molecule has 6 heteroatoms. The van der Waals surface area contributed by atoms with Crippen LogP contribution in [0, 0.1) is 6.92 Å². The molecule has 20 heavy (non-hydrogen) atoms. The molecule has 1 N–H and O–H groups in total. The minimum Gasteiger partial charge on any atom is -0.320 e. The molecule has 0 fully saturated rings. The predicted octanol–water partition coefficient (Wildman–Crippen LogP) is 3.25. The van der Waals surface area contributed by atoms with Crippen LogP contribution in [0.15, 0.2) is 24.4 Å². The molecule has 5 nitrogen and oxygen atoms in total. The molecule has 0 atom stereocenters. The highest BCUT2D eigenvalue weighted by Gasteiger charge is 2.18. The van der Waals surface area contributed by atoms with E-state index in [-0.39, 0.29) is 17.1 Å². The largest absolute Gasteiger partial charge is 0.320 e. The van der Waals surface area contributed by atoms with Crippen LogP contribution >= 0.6 is 11.6 Å². The molecule has 0 unspecified atom stereocenters. The number of hydrogen-bond acceptors (Lipinski definition) is 3. The molecular weight excluding hydrogens is 276 g/mol. The van der Waals surface area contributed by atoms with Crippen LogP contribution in [-0.2, 0) is 5.54 Å². The lowest BCUT2D eigenvalue weighted by atomic mass is 10.1. The number of halogens is 1. The van der Waals surface area contributed by atoms with Gasteiger partial charge in [-0.3, -0.25) is 4.79 Å². The number of carbonyl (C=O) groups is 1. The van der Waals surface area contributed by atoms with Crippen LogP contribution in [0.3, 0.4) is 0 Å². The number of benzene rings is 1. The maximum absolute atomic E-state index is 12.1. The van der Waals surface area contributed by atoms with Crippen molar-refractivity contribution < 1.29 is 4.79 Å². The molecule has 0 aliphatic carbocycles. The number of hydrogen-bond donors (Lipinski definition) is 1. The maximum atomic E-state index is 12.1. The van der Waals surface area contributed by atoms with E-state index < -0.39 is 0 Å². The number of nitrogens with one attached hydrogen (secondary N) is 1. The van der Waals surface area contributed by atoms with Gasteiger partial charge in [0.1, 0.15) is 0 Å². The van der Waals surface area contributed by atoms with E-state index in [0.29, 0.717) is 10.7 Å². The maximum Gasteiger partial charge on any atom is 0.277 e. The first kappa shape index (κ1) is 14.5. The minimum absolute atomic E-state index is 0.211. The van der Waals surface area contributed by atoms with E-state index in [4.69, 9.17) is 11.6 Å². The first-order valence-electron chi connectivity index (χ1n) is 6.28. The summed E-state index contributed by atoms with van der Waals surface area (Å²) in [5.41, 5.74) is 1.68. The molecular formula is C14H17ClN4O. The average Bonchev–Trinajstić information content (AvgIpc) is 2.83. The van der Waals surface area contributed by atoms with Gasteiger partial charge in [-0.05, 0) is 45.4 Å². The Morgan fingerprint density at radius 3 is 2.65 bits per heavy atom. The Hall–Kier alpha value is -1.88. The predicted molar refractivity (Wildman–Crippen MR) is 79.2 cm³/mol. The molecule has 0 aliphatic rings. The van der Waals surface area contributed by atoms with E-state index >= 15 is 0 Å². The lowest BCUT2D eigenvalue weighted by molar-refractivity contribution is 0.102. The summed E-state index contributed by atoms with van der Waals surface area (Å²) >= 11 is 5.93. The highest BCUT2D eigenvalue weighted by Crippen LogP contribution is 2.21. The highest BCUT2D eigenvalue weighted by atomic mass is 35.5. The van der Waals surface area contributed by atoms with Crippen molar-refractivity contribution in [2.75, 3.05) is 5.32 Å². The summed E-state index contributed by atoms with van der Waals surface area (Å²) < 4.78 is 1.66. The Balaban J connectivity index is 2.20. The Morgan fingerprint density at radius 2 is 2.05 bits per heavy atom. The van der Waals surface area contributed by atoms with Gasteiger partial charge in [-0.1, -0.05) is 22.9 Å². The SMILES string of the molecule is Cc1ccc(Cl)cc1NC(=O)c1cn(C(C)(C)C)nn1. The van der Waals surface area contributed by atoms with Gasteiger partial charge in [0, 0.05) is 10.7 Å². The van der Waals surface area contributed by atoms with Crippen LogP contribution in [0.1, 0.15) is 36.8 Å². The van der Waals surface area contributed by atoms with Crippen LogP contribution in [0.4, 0.5) is 5.69 Å². The molecule has 0 bridgehead atoms. The number of aryl methyl sites for hydroxylation is 1. The van der Waals surface area contributed by atoms with Gasteiger partial charge >= 0.3 is 0 Å².